The Labute approximate surface area is 115 Å². The second-order valence-corrected chi connectivity index (χ2v) is 5.47. The van der Waals surface area contributed by atoms with Gasteiger partial charge >= 0.3 is 8.25 Å². The fraction of sp³-hybridized carbons (Fsp3) is 0.917. The van der Waals surface area contributed by atoms with E-state index in [0.717, 1.165) is 12.8 Å². The predicted octanol–water partition coefficient (Wildman–Crippen LogP) is 3.06. The van der Waals surface area contributed by atoms with Crippen LogP contribution in [0.3, 0.4) is 0 Å². The average molecular weight is 295 g/mol. The molecular formula is C12H26NO5P. The van der Waals surface area contributed by atoms with Crippen molar-refractivity contribution >= 4 is 14.2 Å². The summed E-state index contributed by atoms with van der Waals surface area (Å²) in [5.41, 5.74) is 1.38. The van der Waals surface area contributed by atoms with E-state index in [1.54, 1.807) is 0 Å². The number of hydroxylamine groups is 1. The zero-order valence-corrected chi connectivity index (χ0v) is 12.7. The molecule has 0 fully saturated rings. The first-order valence-electron chi connectivity index (χ1n) is 6.93. The highest BCUT2D eigenvalue weighted by Crippen LogP contribution is 2.23. The number of unbranched alkanes of at least 4 members (excludes halogenated alkanes) is 7. The number of carbonyl (C=O) groups is 1. The first kappa shape index (κ1) is 18.6. The second kappa shape index (κ2) is 14.0. The summed E-state index contributed by atoms with van der Waals surface area (Å²) < 4.78 is 20.7. The molecule has 0 aliphatic carbocycles. The molecule has 1 atom stereocenters. The lowest BCUT2D eigenvalue weighted by atomic mass is 10.1. The first-order valence-corrected chi connectivity index (χ1v) is 8.15. The van der Waals surface area contributed by atoms with Crippen molar-refractivity contribution in [2.24, 2.45) is 0 Å². The van der Waals surface area contributed by atoms with Crippen LogP contribution in [0.4, 0.5) is 0 Å². The molecule has 1 amide bonds. The van der Waals surface area contributed by atoms with E-state index in [0.29, 0.717) is 6.61 Å². The van der Waals surface area contributed by atoms with Crippen LogP contribution in [0.25, 0.3) is 0 Å². The van der Waals surface area contributed by atoms with E-state index >= 15 is 0 Å². The number of rotatable bonds is 13. The molecule has 0 radical (unpaired) electrons. The molecule has 1 unspecified atom stereocenters. The zero-order valence-electron chi connectivity index (χ0n) is 11.7. The predicted molar refractivity (Wildman–Crippen MR) is 73.4 cm³/mol. The zero-order chi connectivity index (χ0) is 14.3. The number of nitrogens with one attached hydrogen (secondary N) is 1. The fourth-order valence-electron chi connectivity index (χ4n) is 1.59. The number of amides is 1. The maximum absolute atomic E-state index is 11.1. The van der Waals surface area contributed by atoms with Gasteiger partial charge in [0.15, 0.2) is 0 Å². The molecule has 6 nitrogen and oxygen atoms in total. The standard InChI is InChI=1S/C12H26NO5P/c1-2-3-4-5-6-7-8-9-10-17-19(16)18-11-12(14)13-15/h15,19H,2-11H2,1H3,(H,13,14). The summed E-state index contributed by atoms with van der Waals surface area (Å²) in [6.45, 7) is 2.13. The minimum absolute atomic E-state index is 0.382. The molecule has 2 N–H and O–H groups in total. The number of hydrogen-bond acceptors (Lipinski definition) is 5. The Hall–Kier alpha value is -0.420. The maximum atomic E-state index is 11.1. The van der Waals surface area contributed by atoms with Gasteiger partial charge < -0.3 is 9.05 Å². The van der Waals surface area contributed by atoms with E-state index in [2.05, 4.69) is 11.4 Å². The highest BCUT2D eigenvalue weighted by molar-refractivity contribution is 7.33. The smallest absolute Gasteiger partial charge is 0.311 e. The van der Waals surface area contributed by atoms with Crippen LogP contribution in [-0.2, 0) is 18.4 Å². The van der Waals surface area contributed by atoms with Crippen LogP contribution in [0, 0.1) is 0 Å². The van der Waals surface area contributed by atoms with Crippen molar-refractivity contribution in [3.8, 4) is 0 Å². The lowest BCUT2D eigenvalue weighted by molar-refractivity contribution is -0.131. The van der Waals surface area contributed by atoms with Crippen molar-refractivity contribution in [2.45, 2.75) is 58.3 Å². The van der Waals surface area contributed by atoms with E-state index in [1.165, 1.54) is 44.0 Å². The van der Waals surface area contributed by atoms with E-state index < -0.39 is 20.8 Å². The molecule has 0 bridgehead atoms. The van der Waals surface area contributed by atoms with Gasteiger partial charge in [-0.05, 0) is 6.42 Å². The third-order valence-electron chi connectivity index (χ3n) is 2.66. The molecule has 0 aliphatic rings. The van der Waals surface area contributed by atoms with E-state index in [4.69, 9.17) is 9.73 Å². The summed E-state index contributed by atoms with van der Waals surface area (Å²) in [5, 5.41) is 8.19. The maximum Gasteiger partial charge on any atom is 0.319 e. The lowest BCUT2D eigenvalue weighted by Crippen LogP contribution is -2.22. The molecule has 0 aromatic rings. The van der Waals surface area contributed by atoms with Crippen LogP contribution in [0.5, 0.6) is 0 Å². The summed E-state index contributed by atoms with van der Waals surface area (Å²) >= 11 is 0. The van der Waals surface area contributed by atoms with E-state index in [-0.39, 0.29) is 0 Å². The summed E-state index contributed by atoms with van der Waals surface area (Å²) in [6, 6.07) is 0. The van der Waals surface area contributed by atoms with Crippen molar-refractivity contribution in [1.29, 1.82) is 0 Å². The Morgan fingerprint density at radius 1 is 1.05 bits per heavy atom. The molecule has 0 spiro atoms. The second-order valence-electron chi connectivity index (χ2n) is 4.40. The SMILES string of the molecule is CCCCCCCCCCO[PH](=O)OCC(=O)NO. The van der Waals surface area contributed by atoms with Crippen LogP contribution < -0.4 is 5.48 Å². The molecule has 0 aromatic carbocycles. The highest BCUT2D eigenvalue weighted by Gasteiger charge is 2.04. The van der Waals surface area contributed by atoms with Crippen molar-refractivity contribution in [1.82, 2.24) is 5.48 Å². The van der Waals surface area contributed by atoms with E-state index in [1.807, 2.05) is 0 Å². The third-order valence-corrected chi connectivity index (χ3v) is 3.48. The van der Waals surface area contributed by atoms with Gasteiger partial charge in [-0.15, -0.1) is 0 Å². The van der Waals surface area contributed by atoms with Gasteiger partial charge in [-0.3, -0.25) is 14.6 Å². The number of carbonyl (C=O) groups excluding carboxylic acids is 1. The van der Waals surface area contributed by atoms with Gasteiger partial charge in [0.2, 0.25) is 0 Å². The summed E-state index contributed by atoms with van der Waals surface area (Å²) in [7, 11) is -2.62. The molecule has 7 heteroatoms. The Balaban J connectivity index is 3.21. The molecule has 19 heavy (non-hydrogen) atoms. The minimum Gasteiger partial charge on any atom is -0.311 e. The number of hydrogen-bond donors (Lipinski definition) is 2. The van der Waals surface area contributed by atoms with Gasteiger partial charge in [0, 0.05) is 0 Å². The Bertz CT molecular complexity index is 250. The molecule has 0 saturated heterocycles. The molecule has 0 aromatic heterocycles. The lowest BCUT2D eigenvalue weighted by Gasteiger charge is -2.05. The molecule has 0 aliphatic heterocycles. The quantitative estimate of drug-likeness (QED) is 0.236. The molecule has 114 valence electrons. The fourth-order valence-corrected chi connectivity index (χ4v) is 2.23. The monoisotopic (exact) mass is 295 g/mol. The Kier molecular flexibility index (Phi) is 13.7. The minimum atomic E-state index is -2.62. The van der Waals surface area contributed by atoms with Gasteiger partial charge in [0.1, 0.15) is 6.61 Å². The normalized spacial score (nSPS) is 12.3. The van der Waals surface area contributed by atoms with Gasteiger partial charge in [0.25, 0.3) is 5.91 Å². The Morgan fingerprint density at radius 2 is 1.63 bits per heavy atom. The Morgan fingerprint density at radius 3 is 2.21 bits per heavy atom. The summed E-state index contributed by atoms with van der Waals surface area (Å²) in [5.74, 6) is -0.742. The molecule has 0 heterocycles. The van der Waals surface area contributed by atoms with Crippen LogP contribution in [0.15, 0.2) is 0 Å². The van der Waals surface area contributed by atoms with Crippen LogP contribution in [0.1, 0.15) is 58.3 Å². The topological polar surface area (TPSA) is 84.9 Å². The van der Waals surface area contributed by atoms with Gasteiger partial charge in [-0.25, -0.2) is 5.48 Å². The largest absolute Gasteiger partial charge is 0.319 e. The van der Waals surface area contributed by atoms with Crippen molar-refractivity contribution in [3.63, 3.8) is 0 Å². The van der Waals surface area contributed by atoms with E-state index in [9.17, 15) is 9.36 Å². The van der Waals surface area contributed by atoms with Crippen LogP contribution >= 0.6 is 8.25 Å². The third kappa shape index (κ3) is 13.8. The van der Waals surface area contributed by atoms with Crippen LogP contribution in [0.2, 0.25) is 0 Å². The summed E-state index contributed by atoms with van der Waals surface area (Å²) in [4.78, 5) is 10.6. The van der Waals surface area contributed by atoms with Crippen LogP contribution in [-0.4, -0.2) is 24.3 Å². The van der Waals surface area contributed by atoms with Crippen molar-refractivity contribution in [3.05, 3.63) is 0 Å². The molecule has 0 saturated carbocycles. The average Bonchev–Trinajstić information content (AvgIpc) is 2.42. The molecule has 0 rings (SSSR count). The highest BCUT2D eigenvalue weighted by atomic mass is 31.1. The van der Waals surface area contributed by atoms with Crippen molar-refractivity contribution in [2.75, 3.05) is 13.2 Å². The van der Waals surface area contributed by atoms with Gasteiger partial charge in [-0.1, -0.05) is 51.9 Å². The molecular weight excluding hydrogens is 269 g/mol. The van der Waals surface area contributed by atoms with Gasteiger partial charge in [0.05, 0.1) is 6.61 Å². The van der Waals surface area contributed by atoms with Crippen molar-refractivity contribution < 1.29 is 23.6 Å². The summed E-state index contributed by atoms with van der Waals surface area (Å²) in [6.07, 6.45) is 9.47. The van der Waals surface area contributed by atoms with Gasteiger partial charge in [-0.2, -0.15) is 0 Å². The first-order chi connectivity index (χ1) is 9.20.